The molecule has 0 bridgehead atoms. The quantitative estimate of drug-likeness (QED) is 0.466. The van der Waals surface area contributed by atoms with Gasteiger partial charge in [-0.2, -0.15) is 0 Å². The number of rotatable bonds is 0. The van der Waals surface area contributed by atoms with Crippen LogP contribution < -0.4 is 5.32 Å². The van der Waals surface area contributed by atoms with Crippen molar-refractivity contribution < 1.29 is 5.11 Å². The van der Waals surface area contributed by atoms with Gasteiger partial charge in [0, 0.05) is 12.6 Å². The highest BCUT2D eigenvalue weighted by Gasteiger charge is 2.21. The lowest BCUT2D eigenvalue weighted by Crippen LogP contribution is -2.55. The maximum absolute atomic E-state index is 8.65. The summed E-state index contributed by atoms with van der Waals surface area (Å²) in [5.74, 6) is 0. The SMILES string of the molecule is C[C@@H]1NC[C@H]1O.Cl. The molecule has 0 radical (unpaired) electrons. The molecule has 0 unspecified atom stereocenters. The maximum atomic E-state index is 8.65. The molecule has 2 N–H and O–H groups in total. The smallest absolute Gasteiger partial charge is 0.0814 e. The molecule has 1 aliphatic rings. The van der Waals surface area contributed by atoms with Crippen LogP contribution in [0.1, 0.15) is 6.92 Å². The lowest BCUT2D eigenvalue weighted by atomic mass is 10.1. The molecular formula is C4H10ClNO. The van der Waals surface area contributed by atoms with Gasteiger partial charge in [-0.15, -0.1) is 12.4 Å². The molecule has 1 heterocycles. The van der Waals surface area contributed by atoms with Crippen molar-refractivity contribution in [2.24, 2.45) is 0 Å². The Morgan fingerprint density at radius 2 is 2.14 bits per heavy atom. The second-order valence-corrected chi connectivity index (χ2v) is 1.76. The van der Waals surface area contributed by atoms with Crippen LogP contribution in [-0.4, -0.2) is 23.8 Å². The van der Waals surface area contributed by atoms with Gasteiger partial charge in [0.1, 0.15) is 0 Å². The molecule has 1 saturated heterocycles. The molecule has 1 rings (SSSR count). The molecule has 2 nitrogen and oxygen atoms in total. The summed E-state index contributed by atoms with van der Waals surface area (Å²) in [6.45, 7) is 2.75. The topological polar surface area (TPSA) is 32.3 Å². The summed E-state index contributed by atoms with van der Waals surface area (Å²) in [6.07, 6.45) is -0.0787. The van der Waals surface area contributed by atoms with Gasteiger partial charge in [0.15, 0.2) is 0 Å². The minimum absolute atomic E-state index is 0. The van der Waals surface area contributed by atoms with E-state index in [0.717, 1.165) is 6.54 Å². The molecule has 2 atom stereocenters. The molecule has 3 heteroatoms. The highest BCUT2D eigenvalue weighted by molar-refractivity contribution is 5.85. The Bertz CT molecular complexity index is 51.7. The van der Waals surface area contributed by atoms with Gasteiger partial charge in [0.25, 0.3) is 0 Å². The number of hydrogen-bond donors (Lipinski definition) is 2. The molecular weight excluding hydrogens is 114 g/mol. The van der Waals surface area contributed by atoms with Crippen molar-refractivity contribution in [1.82, 2.24) is 5.32 Å². The summed E-state index contributed by atoms with van der Waals surface area (Å²) in [6, 6.07) is 0.338. The largest absolute Gasteiger partial charge is 0.390 e. The molecule has 0 aliphatic carbocycles. The van der Waals surface area contributed by atoms with Crippen LogP contribution in [-0.2, 0) is 0 Å². The van der Waals surface area contributed by atoms with Crippen LogP contribution in [0, 0.1) is 0 Å². The van der Waals surface area contributed by atoms with Crippen LogP contribution in [0.2, 0.25) is 0 Å². The van der Waals surface area contributed by atoms with Gasteiger partial charge in [0.05, 0.1) is 6.10 Å². The average molecular weight is 124 g/mol. The Labute approximate surface area is 49.3 Å². The monoisotopic (exact) mass is 123 g/mol. The molecule has 44 valence electrons. The van der Waals surface area contributed by atoms with E-state index in [1.807, 2.05) is 6.92 Å². The third kappa shape index (κ3) is 1.30. The Balaban J connectivity index is 0.000000360. The van der Waals surface area contributed by atoms with E-state index in [2.05, 4.69) is 5.32 Å². The van der Waals surface area contributed by atoms with Gasteiger partial charge >= 0.3 is 0 Å². The van der Waals surface area contributed by atoms with Crippen LogP contribution in [0.25, 0.3) is 0 Å². The predicted molar refractivity (Wildman–Crippen MR) is 30.7 cm³/mol. The highest BCUT2D eigenvalue weighted by Crippen LogP contribution is 1.99. The molecule has 0 aromatic rings. The van der Waals surface area contributed by atoms with E-state index in [1.54, 1.807) is 0 Å². The van der Waals surface area contributed by atoms with Crippen molar-refractivity contribution in [3.05, 3.63) is 0 Å². The maximum Gasteiger partial charge on any atom is 0.0814 e. The van der Waals surface area contributed by atoms with Gasteiger partial charge in [-0.1, -0.05) is 0 Å². The van der Waals surface area contributed by atoms with Crippen LogP contribution in [0.4, 0.5) is 0 Å². The summed E-state index contributed by atoms with van der Waals surface area (Å²) in [7, 11) is 0. The first-order valence-corrected chi connectivity index (χ1v) is 2.22. The Morgan fingerprint density at radius 3 is 2.14 bits per heavy atom. The fraction of sp³-hybridized carbons (Fsp3) is 1.00. The van der Waals surface area contributed by atoms with Crippen molar-refractivity contribution in [1.29, 1.82) is 0 Å². The minimum atomic E-state index is -0.0787. The van der Waals surface area contributed by atoms with Crippen molar-refractivity contribution in [2.45, 2.75) is 19.1 Å². The third-order valence-corrected chi connectivity index (χ3v) is 1.23. The van der Waals surface area contributed by atoms with Crippen molar-refractivity contribution in [2.75, 3.05) is 6.54 Å². The molecule has 0 amide bonds. The zero-order chi connectivity index (χ0) is 4.57. The van der Waals surface area contributed by atoms with Crippen molar-refractivity contribution >= 4 is 12.4 Å². The van der Waals surface area contributed by atoms with E-state index in [0.29, 0.717) is 6.04 Å². The Hall–Kier alpha value is 0.210. The Morgan fingerprint density at radius 1 is 1.71 bits per heavy atom. The lowest BCUT2D eigenvalue weighted by molar-refractivity contribution is 0.0704. The first-order valence-electron chi connectivity index (χ1n) is 2.22. The van der Waals surface area contributed by atoms with E-state index < -0.39 is 0 Å². The highest BCUT2D eigenvalue weighted by atomic mass is 35.5. The normalized spacial score (nSPS) is 38.6. The number of halogens is 1. The average Bonchev–Trinajstić information content (AvgIpc) is 1.61. The number of aliphatic hydroxyl groups excluding tert-OH is 1. The Kier molecular flexibility index (Phi) is 2.58. The fourth-order valence-corrected chi connectivity index (χ4v) is 0.459. The van der Waals surface area contributed by atoms with Gasteiger partial charge in [-0.25, -0.2) is 0 Å². The van der Waals surface area contributed by atoms with E-state index in [4.69, 9.17) is 5.11 Å². The molecule has 0 saturated carbocycles. The molecule has 0 aromatic carbocycles. The summed E-state index contributed by atoms with van der Waals surface area (Å²) in [5, 5.41) is 11.7. The minimum Gasteiger partial charge on any atom is -0.390 e. The van der Waals surface area contributed by atoms with Crippen molar-refractivity contribution in [3.63, 3.8) is 0 Å². The van der Waals surface area contributed by atoms with Gasteiger partial charge in [-0.05, 0) is 6.92 Å². The summed E-state index contributed by atoms with van der Waals surface area (Å²) in [4.78, 5) is 0. The zero-order valence-corrected chi connectivity index (χ0v) is 5.03. The molecule has 0 aromatic heterocycles. The molecule has 0 spiro atoms. The van der Waals surface area contributed by atoms with E-state index in [-0.39, 0.29) is 18.5 Å². The second-order valence-electron chi connectivity index (χ2n) is 1.76. The van der Waals surface area contributed by atoms with Crippen LogP contribution in [0.3, 0.4) is 0 Å². The van der Waals surface area contributed by atoms with Crippen LogP contribution in [0.5, 0.6) is 0 Å². The summed E-state index contributed by atoms with van der Waals surface area (Å²) >= 11 is 0. The lowest BCUT2D eigenvalue weighted by Gasteiger charge is -2.30. The number of aliphatic hydroxyl groups is 1. The fourth-order valence-electron chi connectivity index (χ4n) is 0.459. The third-order valence-electron chi connectivity index (χ3n) is 1.23. The predicted octanol–water partition coefficient (Wildman–Crippen LogP) is -0.239. The number of hydrogen-bond acceptors (Lipinski definition) is 2. The van der Waals surface area contributed by atoms with Crippen LogP contribution in [0.15, 0.2) is 0 Å². The summed E-state index contributed by atoms with van der Waals surface area (Å²) in [5.41, 5.74) is 0. The summed E-state index contributed by atoms with van der Waals surface area (Å²) < 4.78 is 0. The standard InChI is InChI=1S/C4H9NO.ClH/c1-3-4(6)2-5-3;/h3-6H,2H2,1H3;1H/t3-,4+;/m0./s1. The van der Waals surface area contributed by atoms with E-state index in [9.17, 15) is 0 Å². The molecule has 1 aliphatic heterocycles. The van der Waals surface area contributed by atoms with Gasteiger partial charge in [-0.3, -0.25) is 0 Å². The molecule has 7 heavy (non-hydrogen) atoms. The number of nitrogens with one attached hydrogen (secondary N) is 1. The van der Waals surface area contributed by atoms with Gasteiger partial charge < -0.3 is 10.4 Å². The second kappa shape index (κ2) is 2.50. The van der Waals surface area contributed by atoms with Gasteiger partial charge in [0.2, 0.25) is 0 Å². The van der Waals surface area contributed by atoms with E-state index in [1.165, 1.54) is 0 Å². The van der Waals surface area contributed by atoms with E-state index >= 15 is 0 Å². The number of β-amino-alcohol motifs (C(OH)–C–C–N with tert-alkyl or cyclic N) is 1. The van der Waals surface area contributed by atoms with Crippen molar-refractivity contribution in [3.8, 4) is 0 Å². The van der Waals surface area contributed by atoms with Crippen LogP contribution >= 0.6 is 12.4 Å². The first-order chi connectivity index (χ1) is 2.80. The zero-order valence-electron chi connectivity index (χ0n) is 4.22. The first kappa shape index (κ1) is 7.21. The molecule has 1 fully saturated rings.